The molecule has 0 aromatic carbocycles. The Bertz CT molecular complexity index is 174. The molecule has 0 rings (SSSR count). The Labute approximate surface area is 73.6 Å². The first-order chi connectivity index (χ1) is 6.02. The van der Waals surface area contributed by atoms with Crippen LogP contribution in [0.2, 0.25) is 0 Å². The minimum Gasteiger partial charge on any atom is -0.480 e. The van der Waals surface area contributed by atoms with Gasteiger partial charge in [0.05, 0.1) is 13.2 Å². The molecule has 0 bridgehead atoms. The summed E-state index contributed by atoms with van der Waals surface area (Å²) in [7, 11) is 0. The van der Waals surface area contributed by atoms with E-state index in [1.807, 2.05) is 0 Å². The Morgan fingerprint density at radius 1 is 1.00 bits per heavy atom. The van der Waals surface area contributed by atoms with Gasteiger partial charge in [-0.15, -0.1) is 0 Å². The van der Waals surface area contributed by atoms with Gasteiger partial charge < -0.3 is 20.4 Å². The first-order valence-electron chi connectivity index (χ1n) is 3.46. The molecule has 0 aliphatic rings. The van der Waals surface area contributed by atoms with Crippen molar-refractivity contribution in [1.82, 2.24) is 5.32 Å². The van der Waals surface area contributed by atoms with E-state index in [2.05, 4.69) is 5.32 Å². The SMILES string of the molecule is O=C(O)C(CO)NC(CO)C(=O)O. The predicted octanol–water partition coefficient (Wildman–Crippen LogP) is -2.53. The second kappa shape index (κ2) is 5.46. The number of rotatable bonds is 6. The fourth-order valence-electron chi connectivity index (χ4n) is 0.647. The molecule has 13 heavy (non-hydrogen) atoms. The van der Waals surface area contributed by atoms with E-state index in [-0.39, 0.29) is 0 Å². The number of hydrogen-bond donors (Lipinski definition) is 5. The summed E-state index contributed by atoms with van der Waals surface area (Å²) in [6.07, 6.45) is 0. The maximum absolute atomic E-state index is 10.3. The number of aliphatic hydroxyl groups is 2. The third kappa shape index (κ3) is 3.83. The molecule has 7 nitrogen and oxygen atoms in total. The van der Waals surface area contributed by atoms with Crippen LogP contribution in [0.1, 0.15) is 0 Å². The molecule has 2 atom stereocenters. The molecule has 5 N–H and O–H groups in total. The molecule has 0 aromatic heterocycles. The molecular formula is C6H11NO6. The summed E-state index contributed by atoms with van der Waals surface area (Å²) in [6, 6.07) is -2.76. The molecule has 0 aliphatic carbocycles. The fourth-order valence-corrected chi connectivity index (χ4v) is 0.647. The average molecular weight is 193 g/mol. The summed E-state index contributed by atoms with van der Waals surface area (Å²) in [5.74, 6) is -2.75. The maximum atomic E-state index is 10.3. The lowest BCUT2D eigenvalue weighted by Gasteiger charge is -2.16. The van der Waals surface area contributed by atoms with Gasteiger partial charge in [0.1, 0.15) is 12.1 Å². The van der Waals surface area contributed by atoms with E-state index in [4.69, 9.17) is 20.4 Å². The Balaban J connectivity index is 4.19. The van der Waals surface area contributed by atoms with Crippen molar-refractivity contribution in [3.63, 3.8) is 0 Å². The van der Waals surface area contributed by atoms with Crippen LogP contribution in [0.4, 0.5) is 0 Å². The molecular weight excluding hydrogens is 182 g/mol. The highest BCUT2D eigenvalue weighted by molar-refractivity contribution is 5.77. The lowest BCUT2D eigenvalue weighted by atomic mass is 10.2. The van der Waals surface area contributed by atoms with Crippen LogP contribution in [0.25, 0.3) is 0 Å². The molecule has 2 unspecified atom stereocenters. The van der Waals surface area contributed by atoms with Crippen molar-refractivity contribution in [2.45, 2.75) is 12.1 Å². The van der Waals surface area contributed by atoms with Gasteiger partial charge in [0.15, 0.2) is 0 Å². The fraction of sp³-hybridized carbons (Fsp3) is 0.667. The van der Waals surface area contributed by atoms with E-state index >= 15 is 0 Å². The van der Waals surface area contributed by atoms with Crippen LogP contribution in [0, 0.1) is 0 Å². The predicted molar refractivity (Wildman–Crippen MR) is 40.2 cm³/mol. The summed E-state index contributed by atoms with van der Waals surface area (Å²) >= 11 is 0. The van der Waals surface area contributed by atoms with E-state index < -0.39 is 37.2 Å². The highest BCUT2D eigenvalue weighted by Gasteiger charge is 2.24. The zero-order chi connectivity index (χ0) is 10.4. The van der Waals surface area contributed by atoms with Gasteiger partial charge >= 0.3 is 11.9 Å². The average Bonchev–Trinajstić information content (AvgIpc) is 2.05. The van der Waals surface area contributed by atoms with E-state index in [0.29, 0.717) is 0 Å². The van der Waals surface area contributed by atoms with Crippen molar-refractivity contribution < 1.29 is 30.0 Å². The number of aliphatic hydroxyl groups excluding tert-OH is 2. The molecule has 0 fully saturated rings. The minimum atomic E-state index is -1.38. The third-order valence-corrected chi connectivity index (χ3v) is 1.36. The summed E-state index contributed by atoms with van der Waals surface area (Å²) < 4.78 is 0. The first-order valence-corrected chi connectivity index (χ1v) is 3.46. The molecule has 0 saturated heterocycles. The quantitative estimate of drug-likeness (QED) is 0.314. The molecule has 0 radical (unpaired) electrons. The summed E-state index contributed by atoms with van der Waals surface area (Å²) in [5, 5.41) is 35.9. The zero-order valence-corrected chi connectivity index (χ0v) is 6.67. The van der Waals surface area contributed by atoms with Gasteiger partial charge in [-0.1, -0.05) is 0 Å². The minimum absolute atomic E-state index is 0.737. The van der Waals surface area contributed by atoms with Crippen LogP contribution in [0.3, 0.4) is 0 Å². The number of aliphatic carboxylic acids is 2. The van der Waals surface area contributed by atoms with Crippen molar-refractivity contribution in [1.29, 1.82) is 0 Å². The summed E-state index contributed by atoms with van der Waals surface area (Å²) in [5.41, 5.74) is 0. The maximum Gasteiger partial charge on any atom is 0.323 e. The molecule has 7 heteroatoms. The van der Waals surface area contributed by atoms with Crippen LogP contribution in [0.5, 0.6) is 0 Å². The molecule has 0 aromatic rings. The van der Waals surface area contributed by atoms with Crippen LogP contribution in [-0.2, 0) is 9.59 Å². The first kappa shape index (κ1) is 11.8. The van der Waals surface area contributed by atoms with Crippen LogP contribution < -0.4 is 5.32 Å². The van der Waals surface area contributed by atoms with E-state index in [1.54, 1.807) is 0 Å². The summed E-state index contributed by atoms with van der Waals surface area (Å²) in [6.45, 7) is -1.47. The Hall–Kier alpha value is -1.18. The summed E-state index contributed by atoms with van der Waals surface area (Å²) in [4.78, 5) is 20.6. The standard InChI is InChI=1S/C6H11NO6/c8-1-3(5(10)11)7-4(2-9)6(12)13/h3-4,7-9H,1-2H2,(H,10,11)(H,12,13). The number of carboxylic acid groups (broad SMARTS) is 2. The normalized spacial score (nSPS) is 14.9. The molecule has 0 saturated carbocycles. The van der Waals surface area contributed by atoms with Crippen LogP contribution >= 0.6 is 0 Å². The Kier molecular flexibility index (Phi) is 4.97. The van der Waals surface area contributed by atoms with Crippen molar-refractivity contribution in [2.24, 2.45) is 0 Å². The highest BCUT2D eigenvalue weighted by Crippen LogP contribution is 1.88. The second-order valence-corrected chi connectivity index (χ2v) is 2.31. The lowest BCUT2D eigenvalue weighted by Crippen LogP contribution is -2.50. The third-order valence-electron chi connectivity index (χ3n) is 1.36. The van der Waals surface area contributed by atoms with Crippen molar-refractivity contribution in [2.75, 3.05) is 13.2 Å². The monoisotopic (exact) mass is 193 g/mol. The van der Waals surface area contributed by atoms with Gasteiger partial charge in [-0.2, -0.15) is 0 Å². The number of carboxylic acids is 2. The molecule has 76 valence electrons. The van der Waals surface area contributed by atoms with Crippen LogP contribution in [-0.4, -0.2) is 57.7 Å². The van der Waals surface area contributed by atoms with Crippen molar-refractivity contribution >= 4 is 11.9 Å². The molecule has 0 spiro atoms. The second-order valence-electron chi connectivity index (χ2n) is 2.31. The number of nitrogens with one attached hydrogen (secondary N) is 1. The van der Waals surface area contributed by atoms with Gasteiger partial charge in [0, 0.05) is 0 Å². The van der Waals surface area contributed by atoms with E-state index in [0.717, 1.165) is 0 Å². The Morgan fingerprint density at radius 3 is 1.46 bits per heavy atom. The molecule has 0 aliphatic heterocycles. The topological polar surface area (TPSA) is 127 Å². The van der Waals surface area contributed by atoms with Crippen molar-refractivity contribution in [3.8, 4) is 0 Å². The van der Waals surface area contributed by atoms with Crippen molar-refractivity contribution in [3.05, 3.63) is 0 Å². The van der Waals surface area contributed by atoms with Gasteiger partial charge in [0.25, 0.3) is 0 Å². The van der Waals surface area contributed by atoms with Crippen LogP contribution in [0.15, 0.2) is 0 Å². The number of carbonyl (C=O) groups is 2. The van der Waals surface area contributed by atoms with Gasteiger partial charge in [0.2, 0.25) is 0 Å². The number of hydrogen-bond acceptors (Lipinski definition) is 5. The van der Waals surface area contributed by atoms with Gasteiger partial charge in [-0.05, 0) is 0 Å². The van der Waals surface area contributed by atoms with Gasteiger partial charge in [-0.25, -0.2) is 0 Å². The highest BCUT2D eigenvalue weighted by atomic mass is 16.4. The molecule has 0 heterocycles. The lowest BCUT2D eigenvalue weighted by molar-refractivity contribution is -0.144. The smallest absolute Gasteiger partial charge is 0.323 e. The van der Waals surface area contributed by atoms with E-state index in [1.165, 1.54) is 0 Å². The Morgan fingerprint density at radius 2 is 1.31 bits per heavy atom. The van der Waals surface area contributed by atoms with Gasteiger partial charge in [-0.3, -0.25) is 14.9 Å². The zero-order valence-electron chi connectivity index (χ0n) is 6.67. The molecule has 0 amide bonds. The van der Waals surface area contributed by atoms with E-state index in [9.17, 15) is 9.59 Å². The largest absolute Gasteiger partial charge is 0.480 e.